The summed E-state index contributed by atoms with van der Waals surface area (Å²) in [4.78, 5) is 11.9. The number of aromatic amines is 1. The molecular formula is C10H10FN5O. The summed E-state index contributed by atoms with van der Waals surface area (Å²) in [6.07, 6.45) is 0.0246. The molecular weight excluding hydrogens is 225 g/mol. The van der Waals surface area contributed by atoms with Crippen molar-refractivity contribution < 1.29 is 9.18 Å². The number of carbonyl (C=O) groups excluding carboxylic acids is 1. The Hall–Kier alpha value is -2.31. The van der Waals surface area contributed by atoms with Gasteiger partial charge in [0.05, 0.1) is 6.42 Å². The minimum atomic E-state index is -0.398. The van der Waals surface area contributed by atoms with E-state index in [-0.39, 0.29) is 12.2 Å². The zero-order valence-electron chi connectivity index (χ0n) is 9.07. The molecule has 88 valence electrons. The van der Waals surface area contributed by atoms with Crippen LogP contribution in [0.3, 0.4) is 0 Å². The van der Waals surface area contributed by atoms with E-state index < -0.39 is 5.82 Å². The molecule has 1 aromatic carbocycles. The minimum Gasteiger partial charge on any atom is -0.387 e. The van der Waals surface area contributed by atoms with Gasteiger partial charge in [0.25, 0.3) is 0 Å². The molecule has 1 aromatic heterocycles. The molecule has 2 rings (SSSR count). The Bertz CT molecular complexity index is 525. The van der Waals surface area contributed by atoms with E-state index in [0.717, 1.165) is 0 Å². The second-order valence-electron chi connectivity index (χ2n) is 3.37. The number of benzene rings is 1. The second-order valence-corrected chi connectivity index (χ2v) is 3.37. The second kappa shape index (κ2) is 4.69. The molecule has 0 aliphatic rings. The molecule has 2 N–H and O–H groups in total. The van der Waals surface area contributed by atoms with Crippen LogP contribution in [0.4, 0.5) is 10.1 Å². The third kappa shape index (κ3) is 2.44. The van der Waals surface area contributed by atoms with Crippen LogP contribution in [-0.2, 0) is 6.42 Å². The molecule has 1 heterocycles. The molecule has 0 aliphatic heterocycles. The lowest BCUT2D eigenvalue weighted by atomic mass is 10.1. The smallest absolute Gasteiger partial charge is 0.182 e. The topological polar surface area (TPSA) is 83.6 Å². The van der Waals surface area contributed by atoms with E-state index in [2.05, 4.69) is 25.9 Å². The van der Waals surface area contributed by atoms with E-state index in [9.17, 15) is 9.18 Å². The van der Waals surface area contributed by atoms with Crippen LogP contribution in [0.5, 0.6) is 0 Å². The molecule has 0 bridgehead atoms. The van der Waals surface area contributed by atoms with Gasteiger partial charge in [-0.1, -0.05) is 5.21 Å². The zero-order valence-corrected chi connectivity index (χ0v) is 9.07. The average molecular weight is 235 g/mol. The van der Waals surface area contributed by atoms with Crippen LogP contribution in [0.25, 0.3) is 0 Å². The van der Waals surface area contributed by atoms with Crippen LogP contribution in [-0.4, -0.2) is 33.5 Å². The fraction of sp³-hybridized carbons (Fsp3) is 0.200. The summed E-state index contributed by atoms with van der Waals surface area (Å²) >= 11 is 0. The van der Waals surface area contributed by atoms with E-state index in [1.165, 1.54) is 18.2 Å². The van der Waals surface area contributed by atoms with Gasteiger partial charge < -0.3 is 5.32 Å². The number of rotatable bonds is 4. The summed E-state index contributed by atoms with van der Waals surface area (Å²) in [6.45, 7) is 0. The predicted molar refractivity (Wildman–Crippen MR) is 58.2 cm³/mol. The number of H-pyrrole nitrogens is 1. The monoisotopic (exact) mass is 235 g/mol. The summed E-state index contributed by atoms with van der Waals surface area (Å²) in [5.74, 6) is -0.289. The van der Waals surface area contributed by atoms with E-state index in [0.29, 0.717) is 17.1 Å². The van der Waals surface area contributed by atoms with Gasteiger partial charge in [-0.3, -0.25) is 4.79 Å². The maximum absolute atomic E-state index is 13.0. The fourth-order valence-corrected chi connectivity index (χ4v) is 1.46. The first-order valence-corrected chi connectivity index (χ1v) is 4.93. The van der Waals surface area contributed by atoms with Crippen LogP contribution >= 0.6 is 0 Å². The van der Waals surface area contributed by atoms with Crippen molar-refractivity contribution in [2.24, 2.45) is 0 Å². The highest BCUT2D eigenvalue weighted by Gasteiger charge is 2.14. The van der Waals surface area contributed by atoms with Crippen molar-refractivity contribution in [2.45, 2.75) is 6.42 Å². The lowest BCUT2D eigenvalue weighted by Gasteiger charge is -2.06. The van der Waals surface area contributed by atoms with Crippen LogP contribution in [0, 0.1) is 5.82 Å². The first kappa shape index (κ1) is 11.2. The van der Waals surface area contributed by atoms with Crippen molar-refractivity contribution in [3.8, 4) is 0 Å². The Morgan fingerprint density at radius 3 is 3.00 bits per heavy atom. The van der Waals surface area contributed by atoms with Crippen molar-refractivity contribution in [1.82, 2.24) is 20.6 Å². The highest BCUT2D eigenvalue weighted by atomic mass is 19.1. The summed E-state index contributed by atoms with van der Waals surface area (Å²) in [5, 5.41) is 15.8. The maximum Gasteiger partial charge on any atom is 0.182 e. The number of hydrogen-bond donors (Lipinski definition) is 2. The van der Waals surface area contributed by atoms with Crippen LogP contribution in [0.15, 0.2) is 18.2 Å². The van der Waals surface area contributed by atoms with E-state index in [1.807, 2.05) is 0 Å². The number of tetrazole rings is 1. The molecule has 0 radical (unpaired) electrons. The fourth-order valence-electron chi connectivity index (χ4n) is 1.46. The lowest BCUT2D eigenvalue weighted by molar-refractivity contribution is 0.0991. The van der Waals surface area contributed by atoms with Crippen molar-refractivity contribution in [3.05, 3.63) is 35.4 Å². The zero-order chi connectivity index (χ0) is 12.3. The standard InChI is InChI=1S/C10H10FN5O/c1-12-8-4-6(11)2-3-7(8)9(17)5-10-13-15-16-14-10/h2-4,12H,5H2,1H3,(H,13,14,15,16). The Labute approximate surface area is 96.2 Å². The molecule has 0 atom stereocenters. The molecule has 7 heteroatoms. The third-order valence-electron chi connectivity index (χ3n) is 2.26. The Morgan fingerprint density at radius 1 is 1.53 bits per heavy atom. The number of hydrogen-bond acceptors (Lipinski definition) is 5. The van der Waals surface area contributed by atoms with Crippen molar-refractivity contribution >= 4 is 11.5 Å². The normalized spacial score (nSPS) is 10.2. The van der Waals surface area contributed by atoms with Gasteiger partial charge in [-0.15, -0.1) is 10.2 Å². The van der Waals surface area contributed by atoms with Gasteiger partial charge in [-0.2, -0.15) is 5.21 Å². The highest BCUT2D eigenvalue weighted by molar-refractivity contribution is 6.02. The molecule has 0 fully saturated rings. The summed E-state index contributed by atoms with van der Waals surface area (Å²) < 4.78 is 13.0. The van der Waals surface area contributed by atoms with Gasteiger partial charge in [-0.05, 0) is 18.2 Å². The number of nitrogens with one attached hydrogen (secondary N) is 2. The van der Waals surface area contributed by atoms with Crippen molar-refractivity contribution in [1.29, 1.82) is 0 Å². The number of aromatic nitrogens is 4. The Morgan fingerprint density at radius 2 is 2.35 bits per heavy atom. The van der Waals surface area contributed by atoms with E-state index in [4.69, 9.17) is 0 Å². The largest absolute Gasteiger partial charge is 0.387 e. The van der Waals surface area contributed by atoms with Crippen LogP contribution in [0.2, 0.25) is 0 Å². The van der Waals surface area contributed by atoms with Gasteiger partial charge >= 0.3 is 0 Å². The van der Waals surface area contributed by atoms with Crippen molar-refractivity contribution in [3.63, 3.8) is 0 Å². The number of carbonyl (C=O) groups is 1. The molecule has 6 nitrogen and oxygen atoms in total. The molecule has 0 aliphatic carbocycles. The Balaban J connectivity index is 2.24. The van der Waals surface area contributed by atoms with E-state index in [1.54, 1.807) is 7.05 Å². The number of nitrogens with zero attached hydrogens (tertiary/aromatic N) is 3. The lowest BCUT2D eigenvalue weighted by Crippen LogP contribution is -2.08. The number of ketones is 1. The quantitative estimate of drug-likeness (QED) is 0.766. The molecule has 0 saturated carbocycles. The third-order valence-corrected chi connectivity index (χ3v) is 2.26. The molecule has 0 spiro atoms. The predicted octanol–water partition coefficient (Wildman–Crippen LogP) is 0.806. The van der Waals surface area contributed by atoms with Gasteiger partial charge in [-0.25, -0.2) is 4.39 Å². The summed E-state index contributed by atoms with van der Waals surface area (Å²) in [7, 11) is 1.62. The molecule has 0 amide bonds. The number of anilines is 1. The first-order valence-electron chi connectivity index (χ1n) is 4.93. The van der Waals surface area contributed by atoms with Gasteiger partial charge in [0.1, 0.15) is 5.82 Å². The van der Waals surface area contributed by atoms with Gasteiger partial charge in [0, 0.05) is 18.3 Å². The number of Topliss-reactive ketones (excluding diaryl/α,β-unsaturated/α-hetero) is 1. The van der Waals surface area contributed by atoms with Gasteiger partial charge in [0.2, 0.25) is 0 Å². The highest BCUT2D eigenvalue weighted by Crippen LogP contribution is 2.18. The minimum absolute atomic E-state index is 0.0246. The van der Waals surface area contributed by atoms with Crippen LogP contribution in [0.1, 0.15) is 16.2 Å². The molecule has 2 aromatic rings. The van der Waals surface area contributed by atoms with E-state index >= 15 is 0 Å². The molecule has 0 unspecified atom stereocenters. The van der Waals surface area contributed by atoms with Crippen molar-refractivity contribution in [2.75, 3.05) is 12.4 Å². The first-order chi connectivity index (χ1) is 8.20. The molecule has 0 saturated heterocycles. The van der Waals surface area contributed by atoms with Crippen LogP contribution < -0.4 is 5.32 Å². The maximum atomic E-state index is 13.0. The Kier molecular flexibility index (Phi) is 3.08. The number of halogens is 1. The summed E-state index contributed by atoms with van der Waals surface area (Å²) in [5.41, 5.74) is 0.845. The van der Waals surface area contributed by atoms with Gasteiger partial charge in [0.15, 0.2) is 11.6 Å². The average Bonchev–Trinajstić information content (AvgIpc) is 2.81. The molecule has 17 heavy (non-hydrogen) atoms. The summed E-state index contributed by atoms with van der Waals surface area (Å²) in [6, 6.07) is 3.94. The SMILES string of the molecule is CNc1cc(F)ccc1C(=O)Cc1nn[nH]n1.